The van der Waals surface area contributed by atoms with Crippen LogP contribution < -0.4 is 5.32 Å². The van der Waals surface area contributed by atoms with Crippen LogP contribution in [0.4, 0.5) is 0 Å². The first-order valence-corrected chi connectivity index (χ1v) is 6.20. The average Bonchev–Trinajstić information content (AvgIpc) is 2.84. The zero-order valence-electron chi connectivity index (χ0n) is 8.45. The van der Waals surface area contributed by atoms with E-state index in [1.807, 2.05) is 26.1 Å². The Morgan fingerprint density at radius 1 is 1.53 bits per heavy atom. The zero-order valence-corrected chi connectivity index (χ0v) is 10.9. The number of thiophene rings is 1. The van der Waals surface area contributed by atoms with Crippen molar-refractivity contribution in [2.45, 2.75) is 13.0 Å². The molecule has 1 N–H and O–H groups in total. The molecule has 2 aromatic rings. The number of rotatable bonds is 3. The topological polar surface area (TPSA) is 38.1 Å². The second kappa shape index (κ2) is 4.47. The first kappa shape index (κ1) is 10.9. The molecular weight excluding hydrogens is 276 g/mol. The molecule has 0 saturated carbocycles. The Bertz CT molecular complexity index is 452. The lowest BCUT2D eigenvalue weighted by Crippen LogP contribution is -2.11. The van der Waals surface area contributed by atoms with Crippen LogP contribution in [0.25, 0.3) is 10.8 Å². The second-order valence-corrected chi connectivity index (χ2v) is 5.64. The highest BCUT2D eigenvalue weighted by Gasteiger charge is 2.12. The number of hydrogen-bond acceptors (Lipinski definition) is 4. The molecule has 0 aliphatic heterocycles. The maximum Gasteiger partial charge on any atom is 0.236 e. The van der Waals surface area contributed by atoms with Gasteiger partial charge >= 0.3 is 0 Å². The molecule has 0 aromatic carbocycles. The Kier molecular flexibility index (Phi) is 3.23. The standard InChI is InChI=1S/C10H11BrN2OS/c1-6(12-2)7-5-13-10(14-7)8-3-4-9(11)15-8/h3-6,12H,1-2H3. The van der Waals surface area contributed by atoms with Gasteiger partial charge in [0, 0.05) is 0 Å². The molecule has 0 saturated heterocycles. The van der Waals surface area contributed by atoms with Crippen LogP contribution in [0.2, 0.25) is 0 Å². The molecule has 0 aliphatic carbocycles. The van der Waals surface area contributed by atoms with Gasteiger partial charge in [0.25, 0.3) is 0 Å². The van der Waals surface area contributed by atoms with Crippen LogP contribution >= 0.6 is 27.3 Å². The number of nitrogens with zero attached hydrogens (tertiary/aromatic N) is 1. The third kappa shape index (κ3) is 2.30. The zero-order chi connectivity index (χ0) is 10.8. The molecule has 0 radical (unpaired) electrons. The van der Waals surface area contributed by atoms with Crippen molar-refractivity contribution in [3.05, 3.63) is 27.9 Å². The Balaban J connectivity index is 2.27. The normalized spacial score (nSPS) is 13.0. The fourth-order valence-electron chi connectivity index (χ4n) is 1.17. The van der Waals surface area contributed by atoms with Gasteiger partial charge in [-0.3, -0.25) is 0 Å². The van der Waals surface area contributed by atoms with E-state index in [2.05, 4.69) is 26.2 Å². The lowest BCUT2D eigenvalue weighted by Gasteiger charge is -2.03. The maximum absolute atomic E-state index is 5.65. The molecule has 2 rings (SSSR count). The molecule has 0 fully saturated rings. The van der Waals surface area contributed by atoms with Crippen molar-refractivity contribution >= 4 is 27.3 Å². The fraction of sp³-hybridized carbons (Fsp3) is 0.300. The molecule has 1 atom stereocenters. The van der Waals surface area contributed by atoms with E-state index in [1.54, 1.807) is 17.5 Å². The van der Waals surface area contributed by atoms with Gasteiger partial charge in [-0.25, -0.2) is 4.98 Å². The fourth-order valence-corrected chi connectivity index (χ4v) is 2.49. The molecule has 0 bridgehead atoms. The van der Waals surface area contributed by atoms with E-state index in [1.165, 1.54) is 0 Å². The van der Waals surface area contributed by atoms with Crippen molar-refractivity contribution in [1.29, 1.82) is 0 Å². The van der Waals surface area contributed by atoms with Gasteiger partial charge in [-0.15, -0.1) is 11.3 Å². The van der Waals surface area contributed by atoms with E-state index in [0.717, 1.165) is 14.4 Å². The predicted molar refractivity (Wildman–Crippen MR) is 65.0 cm³/mol. The van der Waals surface area contributed by atoms with Gasteiger partial charge in [-0.05, 0) is 42.0 Å². The summed E-state index contributed by atoms with van der Waals surface area (Å²) in [5.41, 5.74) is 0. The third-order valence-electron chi connectivity index (χ3n) is 2.17. The van der Waals surface area contributed by atoms with Crippen LogP contribution in [0.3, 0.4) is 0 Å². The first-order chi connectivity index (χ1) is 7.20. The molecular formula is C10H11BrN2OS. The van der Waals surface area contributed by atoms with Crippen molar-refractivity contribution in [2.75, 3.05) is 7.05 Å². The quantitative estimate of drug-likeness (QED) is 0.939. The van der Waals surface area contributed by atoms with Crippen LogP contribution in [0.15, 0.2) is 26.5 Å². The van der Waals surface area contributed by atoms with Crippen molar-refractivity contribution in [3.8, 4) is 10.8 Å². The molecule has 0 amide bonds. The molecule has 80 valence electrons. The van der Waals surface area contributed by atoms with Gasteiger partial charge in [0.05, 0.1) is 20.9 Å². The summed E-state index contributed by atoms with van der Waals surface area (Å²) in [6.45, 7) is 2.04. The lowest BCUT2D eigenvalue weighted by molar-refractivity contribution is 0.457. The van der Waals surface area contributed by atoms with Crippen LogP contribution in [0.1, 0.15) is 18.7 Å². The van der Waals surface area contributed by atoms with Gasteiger partial charge in [-0.2, -0.15) is 0 Å². The van der Waals surface area contributed by atoms with E-state index in [9.17, 15) is 0 Å². The summed E-state index contributed by atoms with van der Waals surface area (Å²) in [4.78, 5) is 5.29. The Morgan fingerprint density at radius 3 is 2.93 bits per heavy atom. The summed E-state index contributed by atoms with van der Waals surface area (Å²) >= 11 is 5.03. The molecule has 0 spiro atoms. The SMILES string of the molecule is CNC(C)c1cnc(-c2ccc(Br)s2)o1. The predicted octanol–water partition coefficient (Wildman–Crippen LogP) is 3.45. The summed E-state index contributed by atoms with van der Waals surface area (Å²) in [7, 11) is 1.90. The summed E-state index contributed by atoms with van der Waals surface area (Å²) in [5.74, 6) is 1.54. The average molecular weight is 287 g/mol. The van der Waals surface area contributed by atoms with E-state index < -0.39 is 0 Å². The number of aromatic nitrogens is 1. The van der Waals surface area contributed by atoms with E-state index in [0.29, 0.717) is 5.89 Å². The maximum atomic E-state index is 5.65. The number of oxazole rings is 1. The van der Waals surface area contributed by atoms with Crippen LogP contribution in [0, 0.1) is 0 Å². The molecule has 2 heterocycles. The van der Waals surface area contributed by atoms with E-state index >= 15 is 0 Å². The molecule has 2 aromatic heterocycles. The van der Waals surface area contributed by atoms with Crippen molar-refractivity contribution < 1.29 is 4.42 Å². The lowest BCUT2D eigenvalue weighted by atomic mass is 10.3. The van der Waals surface area contributed by atoms with Gasteiger partial charge in [-0.1, -0.05) is 0 Å². The molecule has 15 heavy (non-hydrogen) atoms. The summed E-state index contributed by atoms with van der Waals surface area (Å²) in [6.07, 6.45) is 1.77. The minimum absolute atomic E-state index is 0.189. The van der Waals surface area contributed by atoms with Crippen molar-refractivity contribution in [1.82, 2.24) is 10.3 Å². The van der Waals surface area contributed by atoms with Gasteiger partial charge < -0.3 is 9.73 Å². The van der Waals surface area contributed by atoms with Gasteiger partial charge in [0.1, 0.15) is 5.76 Å². The highest BCUT2D eigenvalue weighted by atomic mass is 79.9. The molecule has 3 nitrogen and oxygen atoms in total. The molecule has 0 aliphatic rings. The highest BCUT2D eigenvalue weighted by molar-refractivity contribution is 9.11. The third-order valence-corrected chi connectivity index (χ3v) is 3.78. The minimum Gasteiger partial charge on any atom is -0.439 e. The van der Waals surface area contributed by atoms with Crippen LogP contribution in [-0.2, 0) is 0 Å². The molecule has 1 unspecified atom stereocenters. The second-order valence-electron chi connectivity index (χ2n) is 3.18. The monoisotopic (exact) mass is 286 g/mol. The smallest absolute Gasteiger partial charge is 0.236 e. The van der Waals surface area contributed by atoms with Gasteiger partial charge in [0.2, 0.25) is 5.89 Å². The van der Waals surface area contributed by atoms with E-state index in [-0.39, 0.29) is 6.04 Å². The number of hydrogen-bond donors (Lipinski definition) is 1. The number of halogens is 1. The Labute approximate surface area is 101 Å². The first-order valence-electron chi connectivity index (χ1n) is 4.59. The largest absolute Gasteiger partial charge is 0.439 e. The van der Waals surface area contributed by atoms with Crippen molar-refractivity contribution in [2.24, 2.45) is 0 Å². The summed E-state index contributed by atoms with van der Waals surface area (Å²) < 4.78 is 6.73. The number of nitrogens with one attached hydrogen (secondary N) is 1. The van der Waals surface area contributed by atoms with Crippen molar-refractivity contribution in [3.63, 3.8) is 0 Å². The van der Waals surface area contributed by atoms with Crippen LogP contribution in [-0.4, -0.2) is 12.0 Å². The minimum atomic E-state index is 0.189. The summed E-state index contributed by atoms with van der Waals surface area (Å²) in [5, 5.41) is 3.11. The van der Waals surface area contributed by atoms with Crippen LogP contribution in [0.5, 0.6) is 0 Å². The Hall–Kier alpha value is -0.650. The highest BCUT2D eigenvalue weighted by Crippen LogP contribution is 2.31. The summed E-state index contributed by atoms with van der Waals surface area (Å²) in [6, 6.07) is 4.18. The Morgan fingerprint density at radius 2 is 2.33 bits per heavy atom. The van der Waals surface area contributed by atoms with E-state index in [4.69, 9.17) is 4.42 Å². The molecule has 5 heteroatoms. The van der Waals surface area contributed by atoms with Gasteiger partial charge in [0.15, 0.2) is 0 Å².